The van der Waals surface area contributed by atoms with Crippen LogP contribution in [0.15, 0.2) is 28.9 Å². The molecule has 3 N–H and O–H groups in total. The number of hydrogen-bond donors (Lipinski definition) is 2. The lowest BCUT2D eigenvalue weighted by molar-refractivity contribution is -0.118. The highest BCUT2D eigenvalue weighted by Crippen LogP contribution is 2.27. The quantitative estimate of drug-likeness (QED) is 0.871. The van der Waals surface area contributed by atoms with Gasteiger partial charge in [-0.25, -0.2) is 0 Å². The molecule has 112 valence electrons. The molecule has 0 aliphatic carbocycles. The molecule has 5 heteroatoms. The van der Waals surface area contributed by atoms with E-state index in [0.29, 0.717) is 12.5 Å². The maximum atomic E-state index is 11.0. The van der Waals surface area contributed by atoms with E-state index < -0.39 is 0 Å². The van der Waals surface area contributed by atoms with Crippen molar-refractivity contribution in [2.24, 2.45) is 5.73 Å². The molecule has 21 heavy (non-hydrogen) atoms. The molecule has 1 aliphatic rings. The van der Waals surface area contributed by atoms with Crippen molar-refractivity contribution in [3.05, 3.63) is 34.4 Å². The van der Waals surface area contributed by atoms with Crippen molar-refractivity contribution < 1.29 is 4.79 Å². The summed E-state index contributed by atoms with van der Waals surface area (Å²) in [4.78, 5) is 16.7. The van der Waals surface area contributed by atoms with Gasteiger partial charge in [0, 0.05) is 40.6 Å². The summed E-state index contributed by atoms with van der Waals surface area (Å²) in [5.74, 6) is -0.211. The number of fused-ring (bicyclic) bond motifs is 1. The first-order valence-electron chi connectivity index (χ1n) is 7.41. The minimum absolute atomic E-state index is 0.211. The second-order valence-electron chi connectivity index (χ2n) is 5.76. The monoisotopic (exact) mass is 349 g/mol. The second kappa shape index (κ2) is 6.20. The van der Waals surface area contributed by atoms with Crippen molar-refractivity contribution in [3.8, 4) is 0 Å². The summed E-state index contributed by atoms with van der Waals surface area (Å²) in [6.07, 6.45) is 5.99. The van der Waals surface area contributed by atoms with Crippen LogP contribution in [0.5, 0.6) is 0 Å². The highest BCUT2D eigenvalue weighted by Gasteiger charge is 2.25. The zero-order valence-corrected chi connectivity index (χ0v) is 13.5. The van der Waals surface area contributed by atoms with Crippen LogP contribution in [0.25, 0.3) is 10.9 Å². The Morgan fingerprint density at radius 2 is 2.33 bits per heavy atom. The summed E-state index contributed by atoms with van der Waals surface area (Å²) in [5, 5.41) is 1.28. The number of benzene rings is 1. The molecular weight excluding hydrogens is 330 g/mol. The van der Waals surface area contributed by atoms with Crippen LogP contribution in [-0.4, -0.2) is 34.9 Å². The van der Waals surface area contributed by atoms with Crippen molar-refractivity contribution in [2.45, 2.75) is 31.7 Å². The van der Waals surface area contributed by atoms with E-state index >= 15 is 0 Å². The van der Waals surface area contributed by atoms with Gasteiger partial charge in [0.1, 0.15) is 0 Å². The van der Waals surface area contributed by atoms with Gasteiger partial charge in [0.05, 0.1) is 0 Å². The van der Waals surface area contributed by atoms with Crippen LogP contribution in [0.4, 0.5) is 0 Å². The standard InChI is InChI=1S/C16H20BrN3O/c17-12-3-4-15-14(9-12)11(10-19-15)8-13-2-1-6-20(13)7-5-16(18)21/h3-4,9-10,13,19H,1-2,5-8H2,(H2,18,21)/t13-/m1/s1. The molecular formula is C16H20BrN3O. The van der Waals surface area contributed by atoms with Crippen LogP contribution in [0.3, 0.4) is 0 Å². The first kappa shape index (κ1) is 14.6. The number of H-pyrrole nitrogens is 1. The number of nitrogens with one attached hydrogen (secondary N) is 1. The molecule has 2 aromatic rings. The number of hydrogen-bond acceptors (Lipinski definition) is 2. The van der Waals surface area contributed by atoms with Gasteiger partial charge in [0.25, 0.3) is 0 Å². The van der Waals surface area contributed by atoms with Gasteiger partial charge < -0.3 is 10.7 Å². The third-order valence-corrected chi connectivity index (χ3v) is 4.82. The Morgan fingerprint density at radius 1 is 1.48 bits per heavy atom. The van der Waals surface area contributed by atoms with E-state index in [1.54, 1.807) is 0 Å². The summed E-state index contributed by atoms with van der Waals surface area (Å²) >= 11 is 3.54. The molecule has 0 unspecified atom stereocenters. The van der Waals surface area contributed by atoms with Gasteiger partial charge in [0.2, 0.25) is 5.91 Å². The number of likely N-dealkylation sites (tertiary alicyclic amines) is 1. The predicted octanol–water partition coefficient (Wildman–Crippen LogP) is 2.81. The Balaban J connectivity index is 1.74. The lowest BCUT2D eigenvalue weighted by Gasteiger charge is -2.23. The van der Waals surface area contributed by atoms with Crippen LogP contribution < -0.4 is 5.73 Å². The number of carbonyl (C=O) groups excluding carboxylic acids is 1. The Kier molecular flexibility index (Phi) is 4.31. The third-order valence-electron chi connectivity index (χ3n) is 4.33. The Hall–Kier alpha value is -1.33. The van der Waals surface area contributed by atoms with Crippen molar-refractivity contribution in [3.63, 3.8) is 0 Å². The van der Waals surface area contributed by atoms with Crippen LogP contribution in [-0.2, 0) is 11.2 Å². The zero-order chi connectivity index (χ0) is 14.8. The van der Waals surface area contributed by atoms with E-state index in [2.05, 4.69) is 50.2 Å². The minimum Gasteiger partial charge on any atom is -0.370 e. The Morgan fingerprint density at radius 3 is 3.14 bits per heavy atom. The Bertz CT molecular complexity index is 652. The summed E-state index contributed by atoms with van der Waals surface area (Å²) < 4.78 is 1.10. The fourth-order valence-electron chi connectivity index (χ4n) is 3.25. The average molecular weight is 350 g/mol. The molecule has 0 saturated carbocycles. The highest BCUT2D eigenvalue weighted by atomic mass is 79.9. The smallest absolute Gasteiger partial charge is 0.218 e. The SMILES string of the molecule is NC(=O)CCN1CCC[C@@H]1Cc1c[nH]c2ccc(Br)cc12. The van der Waals surface area contributed by atoms with Crippen LogP contribution in [0.1, 0.15) is 24.8 Å². The molecule has 1 aromatic carbocycles. The maximum Gasteiger partial charge on any atom is 0.218 e. The maximum absolute atomic E-state index is 11.0. The van der Waals surface area contributed by atoms with Gasteiger partial charge in [-0.1, -0.05) is 15.9 Å². The lowest BCUT2D eigenvalue weighted by atomic mass is 10.0. The van der Waals surface area contributed by atoms with Crippen molar-refractivity contribution in [2.75, 3.05) is 13.1 Å². The summed E-state index contributed by atoms with van der Waals surface area (Å²) in [5.41, 5.74) is 7.79. The molecule has 0 bridgehead atoms. The van der Waals surface area contributed by atoms with Crippen molar-refractivity contribution in [1.82, 2.24) is 9.88 Å². The molecule has 4 nitrogen and oxygen atoms in total. The predicted molar refractivity (Wildman–Crippen MR) is 88.1 cm³/mol. The van der Waals surface area contributed by atoms with E-state index in [0.717, 1.165) is 24.0 Å². The van der Waals surface area contributed by atoms with E-state index in [-0.39, 0.29) is 5.91 Å². The van der Waals surface area contributed by atoms with E-state index in [4.69, 9.17) is 5.73 Å². The highest BCUT2D eigenvalue weighted by molar-refractivity contribution is 9.10. The molecule has 1 aliphatic heterocycles. The Labute approximate surface area is 132 Å². The first-order chi connectivity index (χ1) is 10.1. The molecule has 1 amide bonds. The summed E-state index contributed by atoms with van der Waals surface area (Å²) in [7, 11) is 0. The van der Waals surface area contributed by atoms with Gasteiger partial charge in [-0.2, -0.15) is 0 Å². The number of halogens is 1. The topological polar surface area (TPSA) is 62.1 Å². The van der Waals surface area contributed by atoms with E-state index in [1.807, 2.05) is 0 Å². The fraction of sp³-hybridized carbons (Fsp3) is 0.438. The molecule has 1 aromatic heterocycles. The van der Waals surface area contributed by atoms with Gasteiger partial charge in [-0.05, 0) is 49.6 Å². The first-order valence-corrected chi connectivity index (χ1v) is 8.20. The van der Waals surface area contributed by atoms with Crippen LogP contribution in [0.2, 0.25) is 0 Å². The van der Waals surface area contributed by atoms with Gasteiger partial charge in [-0.15, -0.1) is 0 Å². The number of primary amides is 1. The number of aromatic nitrogens is 1. The number of nitrogens with two attached hydrogens (primary N) is 1. The van der Waals surface area contributed by atoms with Crippen LogP contribution >= 0.6 is 15.9 Å². The molecule has 1 atom stereocenters. The molecule has 1 fully saturated rings. The fourth-order valence-corrected chi connectivity index (χ4v) is 3.61. The molecule has 0 spiro atoms. The van der Waals surface area contributed by atoms with Gasteiger partial charge in [0.15, 0.2) is 0 Å². The zero-order valence-electron chi connectivity index (χ0n) is 11.9. The van der Waals surface area contributed by atoms with Crippen molar-refractivity contribution in [1.29, 1.82) is 0 Å². The lowest BCUT2D eigenvalue weighted by Crippen LogP contribution is -2.33. The average Bonchev–Trinajstić information content (AvgIpc) is 3.04. The normalized spacial score (nSPS) is 19.4. The number of rotatable bonds is 5. The number of amides is 1. The molecule has 2 heterocycles. The van der Waals surface area contributed by atoms with Crippen molar-refractivity contribution >= 4 is 32.7 Å². The summed E-state index contributed by atoms with van der Waals surface area (Å²) in [6, 6.07) is 6.84. The van der Waals surface area contributed by atoms with E-state index in [1.165, 1.54) is 29.3 Å². The largest absolute Gasteiger partial charge is 0.370 e. The number of aromatic amines is 1. The number of nitrogens with zero attached hydrogens (tertiary/aromatic N) is 1. The summed E-state index contributed by atoms with van der Waals surface area (Å²) in [6.45, 7) is 1.86. The van der Waals surface area contributed by atoms with E-state index in [9.17, 15) is 4.79 Å². The van der Waals surface area contributed by atoms with Gasteiger partial charge >= 0.3 is 0 Å². The second-order valence-corrected chi connectivity index (χ2v) is 6.67. The number of carbonyl (C=O) groups is 1. The van der Waals surface area contributed by atoms with Gasteiger partial charge in [-0.3, -0.25) is 9.69 Å². The minimum atomic E-state index is -0.211. The third kappa shape index (κ3) is 3.30. The van der Waals surface area contributed by atoms with Crippen LogP contribution in [0, 0.1) is 0 Å². The molecule has 3 rings (SSSR count). The molecule has 1 saturated heterocycles. The molecule has 0 radical (unpaired) electrons.